The van der Waals surface area contributed by atoms with Gasteiger partial charge in [-0.15, -0.1) is 0 Å². The summed E-state index contributed by atoms with van der Waals surface area (Å²) in [5, 5.41) is 21.7. The highest BCUT2D eigenvalue weighted by Gasteiger charge is 2.12. The van der Waals surface area contributed by atoms with E-state index in [9.17, 15) is 9.90 Å². The van der Waals surface area contributed by atoms with Gasteiger partial charge in [0, 0.05) is 10.2 Å². The molecule has 1 unspecified atom stereocenters. The molecule has 0 heterocycles. The van der Waals surface area contributed by atoms with Crippen molar-refractivity contribution in [3.8, 4) is 0 Å². The number of benzene rings is 2. The van der Waals surface area contributed by atoms with E-state index in [1.54, 1.807) is 12.1 Å². The van der Waals surface area contributed by atoms with Crippen LogP contribution in [0.4, 0.5) is 5.69 Å². The molecule has 0 aliphatic carbocycles. The molecule has 0 saturated heterocycles. The first-order valence-corrected chi connectivity index (χ1v) is 7.33. The van der Waals surface area contributed by atoms with Crippen LogP contribution in [0.15, 0.2) is 53.0 Å². The number of carboxylic acids is 1. The summed E-state index contributed by atoms with van der Waals surface area (Å²) < 4.78 is 0.661. The molecule has 2 aromatic rings. The lowest BCUT2D eigenvalue weighted by atomic mass is 10.1. The Balaban J connectivity index is 2.10. The number of hydrogen-bond donors (Lipinski definition) is 3. The van der Waals surface area contributed by atoms with E-state index in [2.05, 4.69) is 21.2 Å². The molecule has 0 amide bonds. The number of rotatable bonds is 6. The van der Waals surface area contributed by atoms with Crippen LogP contribution in [0, 0.1) is 0 Å². The maximum Gasteiger partial charge on any atom is 0.335 e. The molecule has 0 saturated carbocycles. The molecular formula is C16H16BrNO3. The van der Waals surface area contributed by atoms with Crippen LogP contribution in [-0.4, -0.2) is 28.8 Å². The zero-order valence-electron chi connectivity index (χ0n) is 11.3. The van der Waals surface area contributed by atoms with Gasteiger partial charge in [-0.3, -0.25) is 0 Å². The van der Waals surface area contributed by atoms with Crippen LogP contribution in [-0.2, 0) is 6.42 Å². The summed E-state index contributed by atoms with van der Waals surface area (Å²) in [5.74, 6) is -0.967. The zero-order valence-corrected chi connectivity index (χ0v) is 12.9. The van der Waals surface area contributed by atoms with Crippen molar-refractivity contribution in [1.29, 1.82) is 0 Å². The smallest absolute Gasteiger partial charge is 0.335 e. The fraction of sp³-hybridized carbons (Fsp3) is 0.188. The minimum Gasteiger partial charge on any atom is -0.478 e. The number of aromatic carboxylic acids is 1. The summed E-state index contributed by atoms with van der Waals surface area (Å²) in [6.07, 6.45) is 0.685. The first-order valence-electron chi connectivity index (χ1n) is 6.54. The van der Waals surface area contributed by atoms with Gasteiger partial charge in [-0.25, -0.2) is 4.79 Å². The second-order valence-corrected chi connectivity index (χ2v) is 5.57. The quantitative estimate of drug-likeness (QED) is 0.749. The van der Waals surface area contributed by atoms with Crippen molar-refractivity contribution in [2.75, 3.05) is 11.9 Å². The van der Waals surface area contributed by atoms with Gasteiger partial charge in [0.2, 0.25) is 0 Å². The maximum absolute atomic E-state index is 10.9. The number of hydrogen-bond acceptors (Lipinski definition) is 3. The molecule has 4 nitrogen and oxygen atoms in total. The van der Waals surface area contributed by atoms with Crippen molar-refractivity contribution in [1.82, 2.24) is 0 Å². The van der Waals surface area contributed by atoms with E-state index in [0.717, 1.165) is 11.3 Å². The Morgan fingerprint density at radius 1 is 1.19 bits per heavy atom. The van der Waals surface area contributed by atoms with Crippen LogP contribution in [0.25, 0.3) is 0 Å². The van der Waals surface area contributed by atoms with Gasteiger partial charge in [-0.05, 0) is 46.1 Å². The van der Waals surface area contributed by atoms with Gasteiger partial charge < -0.3 is 15.5 Å². The molecule has 0 radical (unpaired) electrons. The van der Waals surface area contributed by atoms with Crippen molar-refractivity contribution < 1.29 is 15.0 Å². The van der Waals surface area contributed by atoms with Gasteiger partial charge in [0.1, 0.15) is 0 Å². The standard InChI is InChI=1S/C16H16BrNO3/c17-14-9-12(16(20)21)6-7-15(14)18-13(10-19)8-11-4-2-1-3-5-11/h1-7,9,13,18-19H,8,10H2,(H,20,21). The number of aliphatic hydroxyl groups excluding tert-OH is 1. The highest BCUT2D eigenvalue weighted by Crippen LogP contribution is 2.25. The van der Waals surface area contributed by atoms with E-state index in [-0.39, 0.29) is 18.2 Å². The monoisotopic (exact) mass is 349 g/mol. The molecule has 110 valence electrons. The van der Waals surface area contributed by atoms with Crippen LogP contribution in [0.5, 0.6) is 0 Å². The van der Waals surface area contributed by atoms with E-state index >= 15 is 0 Å². The van der Waals surface area contributed by atoms with Crippen molar-refractivity contribution >= 4 is 27.6 Å². The molecule has 21 heavy (non-hydrogen) atoms. The number of carbonyl (C=O) groups is 1. The van der Waals surface area contributed by atoms with Gasteiger partial charge in [0.05, 0.1) is 18.2 Å². The van der Waals surface area contributed by atoms with Crippen LogP contribution in [0.1, 0.15) is 15.9 Å². The van der Waals surface area contributed by atoms with Crippen molar-refractivity contribution in [2.24, 2.45) is 0 Å². The highest BCUT2D eigenvalue weighted by molar-refractivity contribution is 9.10. The van der Waals surface area contributed by atoms with Gasteiger partial charge in [0.25, 0.3) is 0 Å². The molecule has 0 bridgehead atoms. The van der Waals surface area contributed by atoms with Crippen LogP contribution >= 0.6 is 15.9 Å². The second-order valence-electron chi connectivity index (χ2n) is 4.71. The summed E-state index contributed by atoms with van der Waals surface area (Å²) in [5.41, 5.74) is 2.10. The van der Waals surface area contributed by atoms with E-state index in [1.807, 2.05) is 30.3 Å². The molecule has 0 aliphatic rings. The Kier molecular flexibility index (Phi) is 5.36. The summed E-state index contributed by atoms with van der Waals surface area (Å²) in [4.78, 5) is 10.9. The molecule has 3 N–H and O–H groups in total. The number of halogens is 1. The van der Waals surface area contributed by atoms with Gasteiger partial charge in [-0.2, -0.15) is 0 Å². The number of aliphatic hydroxyl groups is 1. The Morgan fingerprint density at radius 3 is 2.48 bits per heavy atom. The third-order valence-corrected chi connectivity index (χ3v) is 3.78. The molecule has 0 aromatic heterocycles. The predicted octanol–water partition coefficient (Wildman–Crippen LogP) is 3.16. The van der Waals surface area contributed by atoms with Gasteiger partial charge in [-0.1, -0.05) is 30.3 Å². The minimum absolute atomic E-state index is 0.0119. The summed E-state index contributed by atoms with van der Waals surface area (Å²) in [6.45, 7) is -0.0119. The Labute approximate surface area is 131 Å². The molecule has 2 rings (SSSR count). The summed E-state index contributed by atoms with van der Waals surface area (Å²) in [7, 11) is 0. The Bertz CT molecular complexity index is 616. The molecule has 2 aromatic carbocycles. The molecule has 0 spiro atoms. The van der Waals surface area contributed by atoms with E-state index < -0.39 is 5.97 Å². The summed E-state index contributed by atoms with van der Waals surface area (Å²) in [6, 6.07) is 14.5. The van der Waals surface area contributed by atoms with Crippen molar-refractivity contribution in [3.63, 3.8) is 0 Å². The topological polar surface area (TPSA) is 69.6 Å². The molecule has 1 atom stereocenters. The zero-order chi connectivity index (χ0) is 15.2. The minimum atomic E-state index is -0.967. The molecular weight excluding hydrogens is 334 g/mol. The highest BCUT2D eigenvalue weighted by atomic mass is 79.9. The average Bonchev–Trinajstić information content (AvgIpc) is 2.49. The number of anilines is 1. The van der Waals surface area contributed by atoms with Crippen LogP contribution in [0.3, 0.4) is 0 Å². The first-order chi connectivity index (χ1) is 10.1. The lowest BCUT2D eigenvalue weighted by Gasteiger charge is -2.19. The van der Waals surface area contributed by atoms with Gasteiger partial charge >= 0.3 is 5.97 Å². The number of nitrogens with one attached hydrogen (secondary N) is 1. The molecule has 0 aliphatic heterocycles. The Morgan fingerprint density at radius 2 is 1.90 bits per heavy atom. The fourth-order valence-electron chi connectivity index (χ4n) is 2.04. The predicted molar refractivity (Wildman–Crippen MR) is 85.7 cm³/mol. The third kappa shape index (κ3) is 4.31. The summed E-state index contributed by atoms with van der Waals surface area (Å²) >= 11 is 3.35. The van der Waals surface area contributed by atoms with E-state index in [0.29, 0.717) is 10.9 Å². The lowest BCUT2D eigenvalue weighted by molar-refractivity contribution is 0.0697. The normalized spacial score (nSPS) is 11.9. The number of carboxylic acid groups (broad SMARTS) is 1. The van der Waals surface area contributed by atoms with Crippen molar-refractivity contribution in [3.05, 3.63) is 64.1 Å². The van der Waals surface area contributed by atoms with Crippen LogP contribution < -0.4 is 5.32 Å². The molecule has 0 fully saturated rings. The largest absolute Gasteiger partial charge is 0.478 e. The lowest BCUT2D eigenvalue weighted by Crippen LogP contribution is -2.26. The van der Waals surface area contributed by atoms with Crippen molar-refractivity contribution in [2.45, 2.75) is 12.5 Å². The second kappa shape index (κ2) is 7.24. The van der Waals surface area contributed by atoms with E-state index in [1.165, 1.54) is 6.07 Å². The third-order valence-electron chi connectivity index (χ3n) is 3.12. The maximum atomic E-state index is 10.9. The van der Waals surface area contributed by atoms with E-state index in [4.69, 9.17) is 5.11 Å². The fourth-order valence-corrected chi connectivity index (χ4v) is 2.54. The average molecular weight is 350 g/mol. The SMILES string of the molecule is O=C(O)c1ccc(NC(CO)Cc2ccccc2)c(Br)c1. The van der Waals surface area contributed by atoms with Crippen LogP contribution in [0.2, 0.25) is 0 Å². The Hall–Kier alpha value is -1.85. The van der Waals surface area contributed by atoms with Gasteiger partial charge in [0.15, 0.2) is 0 Å². The molecule has 5 heteroatoms. The first kappa shape index (κ1) is 15.5.